The van der Waals surface area contributed by atoms with Crippen molar-refractivity contribution >= 4 is 15.9 Å². The fourth-order valence-electron chi connectivity index (χ4n) is 2.64. The Labute approximate surface area is 112 Å². The van der Waals surface area contributed by atoms with Crippen molar-refractivity contribution in [3.05, 3.63) is 28.5 Å². The highest BCUT2D eigenvalue weighted by molar-refractivity contribution is 9.10. The lowest BCUT2D eigenvalue weighted by Gasteiger charge is -2.29. The second-order valence-electron chi connectivity index (χ2n) is 4.97. The first kappa shape index (κ1) is 13.0. The summed E-state index contributed by atoms with van der Waals surface area (Å²) in [5, 5.41) is 3.65. The fourth-order valence-corrected chi connectivity index (χ4v) is 3.03. The van der Waals surface area contributed by atoms with Crippen molar-refractivity contribution in [2.24, 2.45) is 5.92 Å². The summed E-state index contributed by atoms with van der Waals surface area (Å²) in [6.07, 6.45) is 6.79. The van der Waals surface area contributed by atoms with Crippen LogP contribution in [0.2, 0.25) is 0 Å². The molecule has 2 nitrogen and oxygen atoms in total. The van der Waals surface area contributed by atoms with E-state index < -0.39 is 0 Å². The number of aromatic nitrogens is 1. The topological polar surface area (TPSA) is 24.9 Å². The lowest BCUT2D eigenvalue weighted by Crippen LogP contribution is -2.33. The number of pyridine rings is 1. The van der Waals surface area contributed by atoms with Gasteiger partial charge in [0.25, 0.3) is 0 Å². The molecule has 0 radical (unpaired) electrons. The van der Waals surface area contributed by atoms with Crippen LogP contribution >= 0.6 is 15.9 Å². The van der Waals surface area contributed by atoms with Crippen molar-refractivity contribution < 1.29 is 0 Å². The summed E-state index contributed by atoms with van der Waals surface area (Å²) >= 11 is 3.41. The van der Waals surface area contributed by atoms with Gasteiger partial charge in [0.2, 0.25) is 0 Å². The SMILES string of the molecule is CCC1CCCC(NCc2cccc(Br)n2)C1. The van der Waals surface area contributed by atoms with Gasteiger partial charge in [-0.1, -0.05) is 32.3 Å². The lowest BCUT2D eigenvalue weighted by molar-refractivity contribution is 0.278. The largest absolute Gasteiger partial charge is 0.308 e. The molecule has 0 aliphatic heterocycles. The zero-order valence-electron chi connectivity index (χ0n) is 10.5. The van der Waals surface area contributed by atoms with E-state index in [1.54, 1.807) is 0 Å². The van der Waals surface area contributed by atoms with Crippen LogP contribution < -0.4 is 5.32 Å². The van der Waals surface area contributed by atoms with Crippen LogP contribution in [0.1, 0.15) is 44.7 Å². The van der Waals surface area contributed by atoms with Gasteiger partial charge in [-0.25, -0.2) is 4.98 Å². The zero-order chi connectivity index (χ0) is 12.1. The van der Waals surface area contributed by atoms with E-state index in [0.29, 0.717) is 6.04 Å². The molecular formula is C14H21BrN2. The first-order chi connectivity index (χ1) is 8.28. The molecule has 94 valence electrons. The number of hydrogen-bond acceptors (Lipinski definition) is 2. The Bertz CT molecular complexity index is 354. The number of nitrogens with one attached hydrogen (secondary N) is 1. The standard InChI is InChI=1S/C14H21BrN2/c1-2-11-5-3-6-12(9-11)16-10-13-7-4-8-14(15)17-13/h4,7-8,11-12,16H,2-3,5-6,9-10H2,1H3. The van der Waals surface area contributed by atoms with Gasteiger partial charge in [-0.15, -0.1) is 0 Å². The first-order valence-electron chi connectivity index (χ1n) is 6.62. The van der Waals surface area contributed by atoms with Gasteiger partial charge in [0.1, 0.15) is 4.60 Å². The molecule has 1 saturated carbocycles. The molecule has 3 heteroatoms. The third-order valence-corrected chi connectivity index (χ3v) is 4.15. The Balaban J connectivity index is 1.81. The van der Waals surface area contributed by atoms with Crippen molar-refractivity contribution in [1.29, 1.82) is 0 Å². The van der Waals surface area contributed by atoms with E-state index in [2.05, 4.69) is 39.2 Å². The summed E-state index contributed by atoms with van der Waals surface area (Å²) in [4.78, 5) is 4.45. The Morgan fingerprint density at radius 3 is 3.06 bits per heavy atom. The van der Waals surface area contributed by atoms with Gasteiger partial charge in [-0.3, -0.25) is 0 Å². The Morgan fingerprint density at radius 1 is 1.41 bits per heavy atom. The minimum atomic E-state index is 0.689. The molecule has 1 N–H and O–H groups in total. The Morgan fingerprint density at radius 2 is 2.29 bits per heavy atom. The van der Waals surface area contributed by atoms with Crippen LogP contribution in [0.5, 0.6) is 0 Å². The smallest absolute Gasteiger partial charge is 0.106 e. The maximum atomic E-state index is 4.45. The van der Waals surface area contributed by atoms with Crippen LogP contribution in [0.3, 0.4) is 0 Å². The molecule has 0 bridgehead atoms. The highest BCUT2D eigenvalue weighted by Crippen LogP contribution is 2.26. The second kappa shape index (κ2) is 6.50. The maximum Gasteiger partial charge on any atom is 0.106 e. The average molecular weight is 297 g/mol. The molecule has 1 aromatic heterocycles. The second-order valence-corrected chi connectivity index (χ2v) is 5.78. The zero-order valence-corrected chi connectivity index (χ0v) is 12.0. The molecule has 1 aliphatic carbocycles. The predicted molar refractivity (Wildman–Crippen MR) is 74.8 cm³/mol. The van der Waals surface area contributed by atoms with Crippen molar-refractivity contribution in [3.8, 4) is 0 Å². The maximum absolute atomic E-state index is 4.45. The summed E-state index contributed by atoms with van der Waals surface area (Å²) in [5.41, 5.74) is 1.12. The van der Waals surface area contributed by atoms with Crippen molar-refractivity contribution in [3.63, 3.8) is 0 Å². The van der Waals surface area contributed by atoms with Gasteiger partial charge in [-0.05, 0) is 46.8 Å². The lowest BCUT2D eigenvalue weighted by atomic mass is 9.84. The molecule has 17 heavy (non-hydrogen) atoms. The molecule has 2 rings (SSSR count). The van der Waals surface area contributed by atoms with E-state index in [1.807, 2.05) is 12.1 Å². The van der Waals surface area contributed by atoms with E-state index in [1.165, 1.54) is 32.1 Å². The molecule has 0 saturated heterocycles. The highest BCUT2D eigenvalue weighted by atomic mass is 79.9. The van der Waals surface area contributed by atoms with Crippen LogP contribution in [0.15, 0.2) is 22.8 Å². The molecule has 1 heterocycles. The predicted octanol–water partition coefficient (Wildman–Crippen LogP) is 3.90. The third-order valence-electron chi connectivity index (χ3n) is 3.70. The van der Waals surface area contributed by atoms with Crippen molar-refractivity contribution in [2.45, 2.75) is 51.6 Å². The number of nitrogens with zero attached hydrogens (tertiary/aromatic N) is 1. The number of hydrogen-bond donors (Lipinski definition) is 1. The van der Waals surface area contributed by atoms with Gasteiger partial charge in [-0.2, -0.15) is 0 Å². The molecule has 0 amide bonds. The van der Waals surface area contributed by atoms with E-state index in [0.717, 1.165) is 22.8 Å². The average Bonchev–Trinajstić information content (AvgIpc) is 2.37. The summed E-state index contributed by atoms with van der Waals surface area (Å²) in [6, 6.07) is 6.79. The van der Waals surface area contributed by atoms with Crippen molar-refractivity contribution in [2.75, 3.05) is 0 Å². The summed E-state index contributed by atoms with van der Waals surface area (Å²) in [5.74, 6) is 0.928. The monoisotopic (exact) mass is 296 g/mol. The minimum absolute atomic E-state index is 0.689. The molecule has 2 atom stereocenters. The van der Waals surface area contributed by atoms with Crippen LogP contribution in [0.4, 0.5) is 0 Å². The summed E-state index contributed by atoms with van der Waals surface area (Å²) in [6.45, 7) is 3.20. The van der Waals surface area contributed by atoms with E-state index >= 15 is 0 Å². The van der Waals surface area contributed by atoms with Crippen LogP contribution in [0.25, 0.3) is 0 Å². The first-order valence-corrected chi connectivity index (χ1v) is 7.42. The van der Waals surface area contributed by atoms with E-state index in [-0.39, 0.29) is 0 Å². The molecular weight excluding hydrogens is 276 g/mol. The van der Waals surface area contributed by atoms with E-state index in [9.17, 15) is 0 Å². The van der Waals surface area contributed by atoms with Crippen LogP contribution in [-0.4, -0.2) is 11.0 Å². The highest BCUT2D eigenvalue weighted by Gasteiger charge is 2.20. The van der Waals surface area contributed by atoms with Crippen LogP contribution in [-0.2, 0) is 6.54 Å². The van der Waals surface area contributed by atoms with Gasteiger partial charge in [0.05, 0.1) is 5.69 Å². The molecule has 1 aromatic rings. The summed E-state index contributed by atoms with van der Waals surface area (Å²) < 4.78 is 0.923. The number of halogens is 1. The van der Waals surface area contributed by atoms with Gasteiger partial charge in [0, 0.05) is 12.6 Å². The van der Waals surface area contributed by atoms with Crippen molar-refractivity contribution in [1.82, 2.24) is 10.3 Å². The molecule has 0 spiro atoms. The molecule has 1 aliphatic rings. The normalized spacial score (nSPS) is 24.8. The molecule has 2 unspecified atom stereocenters. The van der Waals surface area contributed by atoms with E-state index in [4.69, 9.17) is 0 Å². The molecule has 1 fully saturated rings. The van der Waals surface area contributed by atoms with Gasteiger partial charge >= 0.3 is 0 Å². The van der Waals surface area contributed by atoms with Gasteiger partial charge in [0.15, 0.2) is 0 Å². The number of rotatable bonds is 4. The quantitative estimate of drug-likeness (QED) is 0.853. The molecule has 0 aromatic carbocycles. The van der Waals surface area contributed by atoms with Crippen LogP contribution in [0, 0.1) is 5.92 Å². The Kier molecular flexibility index (Phi) is 4.99. The van der Waals surface area contributed by atoms with Gasteiger partial charge < -0.3 is 5.32 Å². The minimum Gasteiger partial charge on any atom is -0.308 e. The summed E-state index contributed by atoms with van der Waals surface area (Å²) in [7, 11) is 0. The third kappa shape index (κ3) is 4.07. The Hall–Kier alpha value is -0.410. The fraction of sp³-hybridized carbons (Fsp3) is 0.643.